The third-order valence-electron chi connectivity index (χ3n) is 4.07. The molecule has 2 amide bonds. The van der Waals surface area contributed by atoms with E-state index in [9.17, 15) is 9.59 Å². The van der Waals surface area contributed by atoms with Crippen LogP contribution in [0.25, 0.3) is 0 Å². The van der Waals surface area contributed by atoms with Gasteiger partial charge in [-0.05, 0) is 24.6 Å². The smallest absolute Gasteiger partial charge is 0.261 e. The Kier molecular flexibility index (Phi) is 1.90. The second-order valence-corrected chi connectivity index (χ2v) is 5.41. The predicted octanol–water partition coefficient (Wildman–Crippen LogP) is 2.30. The molecule has 1 aromatic carbocycles. The van der Waals surface area contributed by atoms with Crippen LogP contribution in [0, 0.1) is 0 Å². The number of fused-ring (bicyclic) bond motifs is 2. The van der Waals surface area contributed by atoms with Gasteiger partial charge in [-0.15, -0.1) is 0 Å². The van der Waals surface area contributed by atoms with Crippen molar-refractivity contribution in [2.24, 2.45) is 4.99 Å². The number of imide groups is 1. The lowest BCUT2D eigenvalue weighted by Crippen LogP contribution is -2.24. The second-order valence-electron chi connectivity index (χ2n) is 5.41. The molecule has 0 radical (unpaired) electrons. The highest BCUT2D eigenvalue weighted by molar-refractivity contribution is 6.22. The Morgan fingerprint density at radius 1 is 1.11 bits per heavy atom. The van der Waals surface area contributed by atoms with Gasteiger partial charge < -0.3 is 0 Å². The van der Waals surface area contributed by atoms with Crippen LogP contribution < -0.4 is 0 Å². The first-order valence-corrected chi connectivity index (χ1v) is 5.90. The molecule has 0 aliphatic carbocycles. The van der Waals surface area contributed by atoms with Crippen LogP contribution in [0.1, 0.15) is 47.1 Å². The number of benzene rings is 1. The lowest BCUT2D eigenvalue weighted by atomic mass is 9.81. The fourth-order valence-corrected chi connectivity index (χ4v) is 2.50. The van der Waals surface area contributed by atoms with Crippen molar-refractivity contribution in [1.29, 1.82) is 0 Å². The standard InChI is InChI=1S/C14H14N2O2/c1-7-14(2,3)10-5-8-9(6-11(10)15-7)13(18)16(4)12(8)17/h5-6H,1-4H3. The van der Waals surface area contributed by atoms with Gasteiger partial charge in [0, 0.05) is 18.2 Å². The number of aliphatic imine (C=N–C) groups is 1. The number of amides is 2. The summed E-state index contributed by atoms with van der Waals surface area (Å²) >= 11 is 0. The monoisotopic (exact) mass is 242 g/mol. The quantitative estimate of drug-likeness (QED) is 0.655. The average Bonchev–Trinajstić information content (AvgIpc) is 2.66. The van der Waals surface area contributed by atoms with Gasteiger partial charge in [-0.3, -0.25) is 19.5 Å². The van der Waals surface area contributed by atoms with Crippen molar-refractivity contribution in [3.05, 3.63) is 28.8 Å². The van der Waals surface area contributed by atoms with Crippen molar-refractivity contribution in [3.8, 4) is 0 Å². The second kappa shape index (κ2) is 3.07. The van der Waals surface area contributed by atoms with Crippen LogP contribution in [0.3, 0.4) is 0 Å². The van der Waals surface area contributed by atoms with E-state index in [1.165, 1.54) is 7.05 Å². The largest absolute Gasteiger partial charge is 0.277 e. The van der Waals surface area contributed by atoms with Crippen LogP contribution >= 0.6 is 0 Å². The Morgan fingerprint density at radius 3 is 2.28 bits per heavy atom. The van der Waals surface area contributed by atoms with E-state index in [0.29, 0.717) is 11.1 Å². The molecule has 0 spiro atoms. The minimum atomic E-state index is -0.240. The SMILES string of the molecule is CC1=Nc2cc3c(cc2C1(C)C)C(=O)N(C)C3=O. The van der Waals surface area contributed by atoms with Crippen molar-refractivity contribution >= 4 is 23.2 Å². The van der Waals surface area contributed by atoms with Gasteiger partial charge in [0.25, 0.3) is 11.8 Å². The molecule has 18 heavy (non-hydrogen) atoms. The van der Waals surface area contributed by atoms with Crippen molar-refractivity contribution in [2.45, 2.75) is 26.2 Å². The van der Waals surface area contributed by atoms with Gasteiger partial charge in [0.05, 0.1) is 16.8 Å². The number of carbonyl (C=O) groups is 2. The van der Waals surface area contributed by atoms with E-state index in [4.69, 9.17) is 0 Å². The molecular weight excluding hydrogens is 228 g/mol. The summed E-state index contributed by atoms with van der Waals surface area (Å²) in [6, 6.07) is 3.57. The van der Waals surface area contributed by atoms with Crippen molar-refractivity contribution in [1.82, 2.24) is 4.90 Å². The molecule has 2 aliphatic heterocycles. The van der Waals surface area contributed by atoms with Crippen LogP contribution in [0.15, 0.2) is 17.1 Å². The number of hydrogen-bond acceptors (Lipinski definition) is 3. The highest BCUT2D eigenvalue weighted by atomic mass is 16.2. The summed E-state index contributed by atoms with van der Waals surface area (Å²) in [6.45, 7) is 6.13. The van der Waals surface area contributed by atoms with Gasteiger partial charge in [0.1, 0.15) is 0 Å². The van der Waals surface area contributed by atoms with Crippen molar-refractivity contribution in [2.75, 3.05) is 7.05 Å². The van der Waals surface area contributed by atoms with E-state index < -0.39 is 0 Å². The Morgan fingerprint density at radius 2 is 1.67 bits per heavy atom. The fourth-order valence-electron chi connectivity index (χ4n) is 2.50. The highest BCUT2D eigenvalue weighted by Gasteiger charge is 2.39. The Labute approximate surface area is 105 Å². The van der Waals surface area contributed by atoms with Gasteiger partial charge in [0.15, 0.2) is 0 Å². The van der Waals surface area contributed by atoms with Crippen LogP contribution in [-0.2, 0) is 5.41 Å². The molecule has 0 saturated heterocycles. The molecule has 2 aliphatic rings. The predicted molar refractivity (Wildman–Crippen MR) is 68.7 cm³/mol. The molecular formula is C14H14N2O2. The lowest BCUT2D eigenvalue weighted by molar-refractivity contribution is 0.0693. The topological polar surface area (TPSA) is 49.7 Å². The molecule has 4 heteroatoms. The molecule has 92 valence electrons. The summed E-state index contributed by atoms with van der Waals surface area (Å²) in [7, 11) is 1.51. The minimum absolute atomic E-state index is 0.172. The maximum Gasteiger partial charge on any atom is 0.261 e. The fraction of sp³-hybridized carbons (Fsp3) is 0.357. The first-order chi connectivity index (χ1) is 8.34. The lowest BCUT2D eigenvalue weighted by Gasteiger charge is -2.20. The summed E-state index contributed by atoms with van der Waals surface area (Å²) in [5.41, 5.74) is 3.64. The molecule has 0 atom stereocenters. The number of nitrogens with zero attached hydrogens (tertiary/aromatic N) is 2. The van der Waals surface area contributed by atoms with Crippen LogP contribution in [-0.4, -0.2) is 29.5 Å². The summed E-state index contributed by atoms with van der Waals surface area (Å²) in [5.74, 6) is -0.464. The van der Waals surface area contributed by atoms with E-state index in [0.717, 1.165) is 21.9 Å². The Bertz CT molecular complexity index is 641. The van der Waals surface area contributed by atoms with Gasteiger partial charge >= 0.3 is 0 Å². The first-order valence-electron chi connectivity index (χ1n) is 5.90. The maximum absolute atomic E-state index is 12.0. The molecule has 3 rings (SSSR count). The van der Waals surface area contributed by atoms with Gasteiger partial charge in [-0.1, -0.05) is 13.8 Å². The summed E-state index contributed by atoms with van der Waals surface area (Å²) in [4.78, 5) is 29.5. The third kappa shape index (κ3) is 1.12. The van der Waals surface area contributed by atoms with Gasteiger partial charge in [-0.2, -0.15) is 0 Å². The van der Waals surface area contributed by atoms with E-state index in [1.54, 1.807) is 6.07 Å². The summed E-state index contributed by atoms with van der Waals surface area (Å²) < 4.78 is 0. The normalized spacial score (nSPS) is 20.0. The maximum atomic E-state index is 12.0. The molecule has 4 nitrogen and oxygen atoms in total. The molecule has 0 N–H and O–H groups in total. The number of hydrogen-bond donors (Lipinski definition) is 0. The van der Waals surface area contributed by atoms with Crippen LogP contribution in [0.5, 0.6) is 0 Å². The minimum Gasteiger partial charge on any atom is -0.277 e. The molecule has 0 aromatic heterocycles. The Balaban J connectivity index is 2.28. The molecule has 0 unspecified atom stereocenters. The van der Waals surface area contributed by atoms with E-state index in [1.807, 2.05) is 13.0 Å². The molecule has 0 bridgehead atoms. The molecule has 0 saturated carbocycles. The van der Waals surface area contributed by atoms with E-state index in [-0.39, 0.29) is 17.2 Å². The zero-order valence-corrected chi connectivity index (χ0v) is 10.9. The van der Waals surface area contributed by atoms with Crippen LogP contribution in [0.4, 0.5) is 5.69 Å². The first kappa shape index (κ1) is 11.1. The van der Waals surface area contributed by atoms with Crippen molar-refractivity contribution < 1.29 is 9.59 Å². The summed E-state index contributed by atoms with van der Waals surface area (Å²) in [5, 5.41) is 0. The average molecular weight is 242 g/mol. The van der Waals surface area contributed by atoms with E-state index in [2.05, 4.69) is 18.8 Å². The Hall–Kier alpha value is -1.97. The van der Waals surface area contributed by atoms with Crippen molar-refractivity contribution in [3.63, 3.8) is 0 Å². The van der Waals surface area contributed by atoms with Gasteiger partial charge in [0.2, 0.25) is 0 Å². The third-order valence-corrected chi connectivity index (χ3v) is 4.07. The zero-order chi connectivity index (χ0) is 13.2. The molecule has 1 aromatic rings. The van der Waals surface area contributed by atoms with Gasteiger partial charge in [-0.25, -0.2) is 0 Å². The highest BCUT2D eigenvalue weighted by Crippen LogP contribution is 2.42. The van der Waals surface area contributed by atoms with Crippen LogP contribution in [0.2, 0.25) is 0 Å². The number of carbonyl (C=O) groups excluding carboxylic acids is 2. The molecule has 0 fully saturated rings. The zero-order valence-electron chi connectivity index (χ0n) is 10.9. The molecule has 2 heterocycles. The summed E-state index contributed by atoms with van der Waals surface area (Å²) in [6.07, 6.45) is 0. The van der Waals surface area contributed by atoms with E-state index >= 15 is 0 Å². The number of rotatable bonds is 0.